The maximum atomic E-state index is 5.95. The summed E-state index contributed by atoms with van der Waals surface area (Å²) in [5.74, 6) is 2.54. The van der Waals surface area contributed by atoms with E-state index >= 15 is 0 Å². The number of ether oxygens (including phenoxy) is 1. The fraction of sp³-hybridized carbons (Fsp3) is 1.00. The first-order valence-electron chi connectivity index (χ1n) is 6.91. The molecule has 0 bridgehead atoms. The SMILES string of the molecule is CC1CCC(OCCCCCCCl)CC1C. The average molecular weight is 247 g/mol. The van der Waals surface area contributed by atoms with E-state index in [1.54, 1.807) is 0 Å². The van der Waals surface area contributed by atoms with Crippen molar-refractivity contribution in [2.75, 3.05) is 12.5 Å². The van der Waals surface area contributed by atoms with Crippen molar-refractivity contribution in [3.63, 3.8) is 0 Å². The molecule has 1 nitrogen and oxygen atoms in total. The third-order valence-electron chi connectivity index (χ3n) is 3.93. The molecule has 0 aromatic carbocycles. The molecule has 3 atom stereocenters. The van der Waals surface area contributed by atoms with E-state index in [0.717, 1.165) is 30.7 Å². The highest BCUT2D eigenvalue weighted by molar-refractivity contribution is 6.17. The van der Waals surface area contributed by atoms with Crippen LogP contribution in [0.1, 0.15) is 58.8 Å². The van der Waals surface area contributed by atoms with E-state index < -0.39 is 0 Å². The number of hydrogen-bond acceptors (Lipinski definition) is 1. The van der Waals surface area contributed by atoms with E-state index in [2.05, 4.69) is 13.8 Å². The van der Waals surface area contributed by atoms with Crippen molar-refractivity contribution in [1.82, 2.24) is 0 Å². The second kappa shape index (κ2) is 8.36. The molecule has 0 aliphatic heterocycles. The van der Waals surface area contributed by atoms with Gasteiger partial charge in [-0.2, -0.15) is 0 Å². The summed E-state index contributed by atoms with van der Waals surface area (Å²) in [7, 11) is 0. The molecule has 96 valence electrons. The summed E-state index contributed by atoms with van der Waals surface area (Å²) in [5, 5.41) is 0. The minimum atomic E-state index is 0.541. The second-order valence-corrected chi connectivity index (χ2v) is 5.74. The van der Waals surface area contributed by atoms with Crippen LogP contribution in [-0.2, 0) is 4.74 Å². The van der Waals surface area contributed by atoms with Crippen LogP contribution < -0.4 is 0 Å². The van der Waals surface area contributed by atoms with Gasteiger partial charge in [-0.1, -0.05) is 26.7 Å². The van der Waals surface area contributed by atoms with Crippen molar-refractivity contribution in [2.45, 2.75) is 64.9 Å². The Hall–Kier alpha value is 0.250. The smallest absolute Gasteiger partial charge is 0.0577 e. The van der Waals surface area contributed by atoms with Crippen molar-refractivity contribution >= 4 is 11.6 Å². The maximum Gasteiger partial charge on any atom is 0.0577 e. The molecule has 0 heterocycles. The zero-order valence-electron chi connectivity index (χ0n) is 10.9. The van der Waals surface area contributed by atoms with E-state index in [1.165, 1.54) is 38.5 Å². The van der Waals surface area contributed by atoms with Crippen LogP contribution in [0.2, 0.25) is 0 Å². The first-order valence-corrected chi connectivity index (χ1v) is 7.45. The number of alkyl halides is 1. The van der Waals surface area contributed by atoms with Gasteiger partial charge < -0.3 is 4.74 Å². The molecule has 1 fully saturated rings. The molecule has 0 spiro atoms. The summed E-state index contributed by atoms with van der Waals surface area (Å²) in [4.78, 5) is 0. The van der Waals surface area contributed by atoms with Crippen LogP contribution >= 0.6 is 11.6 Å². The molecule has 3 unspecified atom stereocenters. The van der Waals surface area contributed by atoms with Gasteiger partial charge in [-0.15, -0.1) is 11.6 Å². The summed E-state index contributed by atoms with van der Waals surface area (Å²) < 4.78 is 5.95. The van der Waals surface area contributed by atoms with E-state index in [0.29, 0.717) is 6.10 Å². The summed E-state index contributed by atoms with van der Waals surface area (Å²) >= 11 is 5.63. The van der Waals surface area contributed by atoms with Gasteiger partial charge in [0, 0.05) is 12.5 Å². The fourth-order valence-corrected chi connectivity index (χ4v) is 2.64. The molecular formula is C14H27ClO. The van der Waals surface area contributed by atoms with Crippen molar-refractivity contribution in [1.29, 1.82) is 0 Å². The van der Waals surface area contributed by atoms with E-state index in [9.17, 15) is 0 Å². The lowest BCUT2D eigenvalue weighted by molar-refractivity contribution is 0.00103. The summed E-state index contributed by atoms with van der Waals surface area (Å²) in [6.45, 7) is 5.68. The Morgan fingerprint density at radius 3 is 2.44 bits per heavy atom. The third kappa shape index (κ3) is 5.54. The van der Waals surface area contributed by atoms with Crippen molar-refractivity contribution in [3.05, 3.63) is 0 Å². The first kappa shape index (κ1) is 14.3. The third-order valence-corrected chi connectivity index (χ3v) is 4.20. The molecule has 0 amide bonds. The number of hydrogen-bond donors (Lipinski definition) is 0. The van der Waals surface area contributed by atoms with Gasteiger partial charge >= 0.3 is 0 Å². The lowest BCUT2D eigenvalue weighted by atomic mass is 9.80. The van der Waals surface area contributed by atoms with Gasteiger partial charge in [-0.05, 0) is 43.9 Å². The highest BCUT2D eigenvalue weighted by Crippen LogP contribution is 2.30. The highest BCUT2D eigenvalue weighted by Gasteiger charge is 2.24. The van der Waals surface area contributed by atoms with Gasteiger partial charge in [-0.25, -0.2) is 0 Å². The standard InChI is InChI=1S/C14H27ClO/c1-12-7-8-14(11-13(12)2)16-10-6-4-3-5-9-15/h12-14H,3-11H2,1-2H3. The largest absolute Gasteiger partial charge is 0.378 e. The van der Waals surface area contributed by atoms with Crippen LogP contribution in [0.25, 0.3) is 0 Å². The van der Waals surface area contributed by atoms with Crippen LogP contribution in [0.5, 0.6) is 0 Å². The minimum Gasteiger partial charge on any atom is -0.378 e. The Labute approximate surface area is 106 Å². The molecule has 2 heteroatoms. The lowest BCUT2D eigenvalue weighted by Gasteiger charge is -2.31. The van der Waals surface area contributed by atoms with E-state index in [-0.39, 0.29) is 0 Å². The Morgan fingerprint density at radius 1 is 1.00 bits per heavy atom. The summed E-state index contributed by atoms with van der Waals surface area (Å²) in [6.07, 6.45) is 9.31. The maximum absolute atomic E-state index is 5.95. The molecule has 0 aromatic rings. The van der Waals surface area contributed by atoms with Crippen molar-refractivity contribution in [3.8, 4) is 0 Å². The monoisotopic (exact) mass is 246 g/mol. The van der Waals surface area contributed by atoms with Crippen LogP contribution in [0.4, 0.5) is 0 Å². The lowest BCUT2D eigenvalue weighted by Crippen LogP contribution is -2.26. The average Bonchev–Trinajstić information content (AvgIpc) is 2.28. The zero-order chi connectivity index (χ0) is 11.8. The molecule has 1 aliphatic rings. The molecule has 0 aromatic heterocycles. The quantitative estimate of drug-likeness (QED) is 0.470. The molecule has 1 rings (SSSR count). The fourth-order valence-electron chi connectivity index (χ4n) is 2.45. The van der Waals surface area contributed by atoms with Gasteiger partial charge in [0.2, 0.25) is 0 Å². The normalized spacial score (nSPS) is 30.6. The Morgan fingerprint density at radius 2 is 1.75 bits per heavy atom. The van der Waals surface area contributed by atoms with Crippen LogP contribution in [0, 0.1) is 11.8 Å². The molecule has 0 N–H and O–H groups in total. The number of unbranched alkanes of at least 4 members (excludes halogenated alkanes) is 3. The Kier molecular flexibility index (Phi) is 7.47. The molecule has 0 saturated heterocycles. The topological polar surface area (TPSA) is 9.23 Å². The van der Waals surface area contributed by atoms with Crippen LogP contribution in [0.3, 0.4) is 0 Å². The molecule has 16 heavy (non-hydrogen) atoms. The van der Waals surface area contributed by atoms with Gasteiger partial charge in [0.05, 0.1) is 6.10 Å². The van der Waals surface area contributed by atoms with Gasteiger partial charge in [0.25, 0.3) is 0 Å². The van der Waals surface area contributed by atoms with Gasteiger partial charge in [0.1, 0.15) is 0 Å². The van der Waals surface area contributed by atoms with E-state index in [1.807, 2.05) is 0 Å². The number of rotatable bonds is 7. The second-order valence-electron chi connectivity index (χ2n) is 5.36. The summed E-state index contributed by atoms with van der Waals surface area (Å²) in [5.41, 5.74) is 0. The highest BCUT2D eigenvalue weighted by atomic mass is 35.5. The Bertz CT molecular complexity index is 172. The molecule has 1 aliphatic carbocycles. The zero-order valence-corrected chi connectivity index (χ0v) is 11.6. The van der Waals surface area contributed by atoms with Crippen molar-refractivity contribution in [2.24, 2.45) is 11.8 Å². The molecule has 0 radical (unpaired) electrons. The predicted octanol–water partition coefficient (Wildman–Crippen LogP) is 4.63. The number of halogens is 1. The van der Waals surface area contributed by atoms with Gasteiger partial charge in [0.15, 0.2) is 0 Å². The van der Waals surface area contributed by atoms with Crippen molar-refractivity contribution < 1.29 is 4.74 Å². The summed E-state index contributed by atoms with van der Waals surface area (Å²) in [6, 6.07) is 0. The predicted molar refractivity (Wildman–Crippen MR) is 71.1 cm³/mol. The Balaban J connectivity index is 1.97. The first-order chi connectivity index (χ1) is 7.74. The van der Waals surface area contributed by atoms with Gasteiger partial charge in [-0.3, -0.25) is 0 Å². The van der Waals surface area contributed by atoms with Crippen LogP contribution in [-0.4, -0.2) is 18.6 Å². The molecule has 1 saturated carbocycles. The minimum absolute atomic E-state index is 0.541. The van der Waals surface area contributed by atoms with Crippen LogP contribution in [0.15, 0.2) is 0 Å². The van der Waals surface area contributed by atoms with E-state index in [4.69, 9.17) is 16.3 Å². The molecular weight excluding hydrogens is 220 g/mol.